The van der Waals surface area contributed by atoms with Gasteiger partial charge in [0.15, 0.2) is 0 Å². The minimum absolute atomic E-state index is 0.0220. The highest BCUT2D eigenvalue weighted by molar-refractivity contribution is 5.90. The van der Waals surface area contributed by atoms with Crippen LogP contribution in [0.15, 0.2) is 4.52 Å². The Labute approximate surface area is 94.6 Å². The van der Waals surface area contributed by atoms with E-state index >= 15 is 0 Å². The molecule has 0 bridgehead atoms. The zero-order valence-electron chi connectivity index (χ0n) is 9.69. The van der Waals surface area contributed by atoms with Gasteiger partial charge in [-0.15, -0.1) is 0 Å². The van der Waals surface area contributed by atoms with Gasteiger partial charge in [0, 0.05) is 19.5 Å². The van der Waals surface area contributed by atoms with E-state index in [0.717, 1.165) is 19.3 Å². The number of carbonyl (C=O) groups is 1. The van der Waals surface area contributed by atoms with E-state index in [1.54, 1.807) is 6.92 Å². The van der Waals surface area contributed by atoms with Crippen molar-refractivity contribution in [3.8, 4) is 0 Å². The van der Waals surface area contributed by atoms with Gasteiger partial charge in [-0.3, -0.25) is 4.79 Å². The summed E-state index contributed by atoms with van der Waals surface area (Å²) in [5.41, 5.74) is 5.57. The minimum atomic E-state index is -0.330. The lowest BCUT2D eigenvalue weighted by atomic mass is 10.1. The number of aryl methyl sites for hydroxylation is 1. The molecule has 0 saturated heterocycles. The molecule has 1 aromatic heterocycles. The van der Waals surface area contributed by atoms with Gasteiger partial charge in [-0.1, -0.05) is 24.9 Å². The van der Waals surface area contributed by atoms with E-state index in [2.05, 4.69) is 22.4 Å². The largest absolute Gasteiger partial charge is 0.345 e. The second-order valence-corrected chi connectivity index (χ2v) is 3.69. The molecule has 1 unspecified atom stereocenters. The lowest BCUT2D eigenvalue weighted by molar-refractivity contribution is 0.0922. The standard InChI is InChI=1S/C10H18N4O2/c1-3-4-5-8(6-11)13-10(15)9-12-7(2)16-14-9/h8H,3-6,11H2,1-2H3,(H,13,15). The van der Waals surface area contributed by atoms with Crippen LogP contribution < -0.4 is 11.1 Å². The van der Waals surface area contributed by atoms with Crippen molar-refractivity contribution in [1.82, 2.24) is 15.5 Å². The molecule has 0 radical (unpaired) electrons. The Morgan fingerprint density at radius 2 is 2.38 bits per heavy atom. The molecule has 0 fully saturated rings. The SMILES string of the molecule is CCCCC(CN)NC(=O)c1noc(C)n1. The quantitative estimate of drug-likeness (QED) is 0.741. The predicted octanol–water partition coefficient (Wildman–Crippen LogP) is 0.625. The molecule has 0 aliphatic heterocycles. The number of unbranched alkanes of at least 4 members (excludes halogenated alkanes) is 1. The van der Waals surface area contributed by atoms with Crippen molar-refractivity contribution >= 4 is 5.91 Å². The maximum Gasteiger partial charge on any atom is 0.292 e. The minimum Gasteiger partial charge on any atom is -0.345 e. The molecule has 0 aliphatic carbocycles. The number of hydrogen-bond donors (Lipinski definition) is 2. The first-order valence-corrected chi connectivity index (χ1v) is 5.48. The molecule has 0 saturated carbocycles. The first-order chi connectivity index (χ1) is 7.67. The van der Waals surface area contributed by atoms with Crippen LogP contribution in [0.2, 0.25) is 0 Å². The van der Waals surface area contributed by atoms with E-state index in [4.69, 9.17) is 10.3 Å². The third-order valence-corrected chi connectivity index (χ3v) is 2.26. The zero-order chi connectivity index (χ0) is 12.0. The Balaban J connectivity index is 2.48. The van der Waals surface area contributed by atoms with Crippen LogP contribution in [-0.4, -0.2) is 28.6 Å². The highest BCUT2D eigenvalue weighted by atomic mass is 16.5. The number of aromatic nitrogens is 2. The van der Waals surface area contributed by atoms with Crippen LogP contribution in [0.5, 0.6) is 0 Å². The highest BCUT2D eigenvalue weighted by Gasteiger charge is 2.16. The molecule has 1 atom stereocenters. The molecule has 1 amide bonds. The van der Waals surface area contributed by atoms with Crippen LogP contribution in [0.4, 0.5) is 0 Å². The van der Waals surface area contributed by atoms with E-state index in [1.807, 2.05) is 0 Å². The molecule has 0 aromatic carbocycles. The van der Waals surface area contributed by atoms with Gasteiger partial charge in [0.2, 0.25) is 5.89 Å². The summed E-state index contributed by atoms with van der Waals surface area (Å²) in [6, 6.07) is -0.0220. The molecule has 3 N–H and O–H groups in total. The van der Waals surface area contributed by atoms with Crippen molar-refractivity contribution in [3.63, 3.8) is 0 Å². The molecular formula is C10H18N4O2. The summed E-state index contributed by atoms with van der Waals surface area (Å²) in [6.45, 7) is 4.15. The number of nitrogens with zero attached hydrogens (tertiary/aromatic N) is 2. The number of carbonyl (C=O) groups excluding carboxylic acids is 1. The van der Waals surface area contributed by atoms with Crippen molar-refractivity contribution in [2.75, 3.05) is 6.54 Å². The van der Waals surface area contributed by atoms with Crippen molar-refractivity contribution in [3.05, 3.63) is 11.7 Å². The van der Waals surface area contributed by atoms with Crippen LogP contribution in [0.3, 0.4) is 0 Å². The van der Waals surface area contributed by atoms with E-state index in [1.165, 1.54) is 0 Å². The van der Waals surface area contributed by atoms with Gasteiger partial charge in [-0.25, -0.2) is 0 Å². The van der Waals surface area contributed by atoms with Gasteiger partial charge in [0.25, 0.3) is 11.7 Å². The molecular weight excluding hydrogens is 208 g/mol. The van der Waals surface area contributed by atoms with E-state index in [-0.39, 0.29) is 17.8 Å². The van der Waals surface area contributed by atoms with E-state index < -0.39 is 0 Å². The van der Waals surface area contributed by atoms with Gasteiger partial charge < -0.3 is 15.6 Å². The second-order valence-electron chi connectivity index (χ2n) is 3.69. The fourth-order valence-corrected chi connectivity index (χ4v) is 1.34. The lowest BCUT2D eigenvalue weighted by Gasteiger charge is -2.14. The van der Waals surface area contributed by atoms with E-state index in [9.17, 15) is 4.79 Å². The summed E-state index contributed by atoms with van der Waals surface area (Å²) in [4.78, 5) is 15.5. The van der Waals surface area contributed by atoms with Crippen LogP contribution in [-0.2, 0) is 0 Å². The van der Waals surface area contributed by atoms with Crippen molar-refractivity contribution in [2.24, 2.45) is 5.73 Å². The maximum atomic E-state index is 11.6. The third kappa shape index (κ3) is 3.62. The average molecular weight is 226 g/mol. The summed E-state index contributed by atoms with van der Waals surface area (Å²) >= 11 is 0. The number of nitrogens with one attached hydrogen (secondary N) is 1. The van der Waals surface area contributed by atoms with Gasteiger partial charge in [0.05, 0.1) is 0 Å². The topological polar surface area (TPSA) is 94.0 Å². The summed E-state index contributed by atoms with van der Waals surface area (Å²) in [5.74, 6) is 0.110. The fraction of sp³-hybridized carbons (Fsp3) is 0.700. The van der Waals surface area contributed by atoms with Gasteiger partial charge in [0.1, 0.15) is 0 Å². The molecule has 16 heavy (non-hydrogen) atoms. The number of nitrogens with two attached hydrogens (primary N) is 1. The van der Waals surface area contributed by atoms with Crippen LogP contribution in [0.25, 0.3) is 0 Å². The predicted molar refractivity (Wildman–Crippen MR) is 58.9 cm³/mol. The molecule has 0 aliphatic rings. The summed E-state index contributed by atoms with van der Waals surface area (Å²) in [5, 5.41) is 6.33. The molecule has 6 heteroatoms. The second kappa shape index (κ2) is 6.22. The molecule has 6 nitrogen and oxygen atoms in total. The van der Waals surface area contributed by atoms with Gasteiger partial charge in [-0.2, -0.15) is 4.98 Å². The van der Waals surface area contributed by atoms with Crippen molar-refractivity contribution < 1.29 is 9.32 Å². The number of hydrogen-bond acceptors (Lipinski definition) is 5. The summed E-state index contributed by atoms with van der Waals surface area (Å²) < 4.78 is 4.73. The van der Waals surface area contributed by atoms with Crippen LogP contribution >= 0.6 is 0 Å². The summed E-state index contributed by atoms with van der Waals surface area (Å²) in [7, 11) is 0. The normalized spacial score (nSPS) is 12.4. The maximum absolute atomic E-state index is 11.6. The Hall–Kier alpha value is -1.43. The number of amides is 1. The molecule has 0 spiro atoms. The van der Waals surface area contributed by atoms with Crippen molar-refractivity contribution in [1.29, 1.82) is 0 Å². The molecule has 1 rings (SSSR count). The third-order valence-electron chi connectivity index (χ3n) is 2.26. The Bertz CT molecular complexity index is 337. The van der Waals surface area contributed by atoms with Gasteiger partial charge >= 0.3 is 0 Å². The van der Waals surface area contributed by atoms with Crippen LogP contribution in [0, 0.1) is 6.92 Å². The fourth-order valence-electron chi connectivity index (χ4n) is 1.34. The molecule has 1 aromatic rings. The van der Waals surface area contributed by atoms with Crippen LogP contribution in [0.1, 0.15) is 42.7 Å². The Morgan fingerprint density at radius 3 is 2.88 bits per heavy atom. The Kier molecular flexibility index (Phi) is 4.91. The lowest BCUT2D eigenvalue weighted by Crippen LogP contribution is -2.40. The number of rotatable bonds is 6. The van der Waals surface area contributed by atoms with Crippen molar-refractivity contribution in [2.45, 2.75) is 39.2 Å². The first-order valence-electron chi connectivity index (χ1n) is 5.48. The summed E-state index contributed by atoms with van der Waals surface area (Å²) in [6.07, 6.45) is 2.98. The Morgan fingerprint density at radius 1 is 1.62 bits per heavy atom. The smallest absolute Gasteiger partial charge is 0.292 e. The van der Waals surface area contributed by atoms with Gasteiger partial charge in [-0.05, 0) is 6.42 Å². The monoisotopic (exact) mass is 226 g/mol. The molecule has 1 heterocycles. The highest BCUT2D eigenvalue weighted by Crippen LogP contribution is 2.01. The molecule has 90 valence electrons. The first kappa shape index (κ1) is 12.6. The average Bonchev–Trinajstić information content (AvgIpc) is 2.70. The zero-order valence-corrected chi connectivity index (χ0v) is 9.69. The van der Waals surface area contributed by atoms with E-state index in [0.29, 0.717) is 12.4 Å².